The minimum atomic E-state index is -0.782. The topological polar surface area (TPSA) is 98.2 Å². The van der Waals surface area contributed by atoms with E-state index >= 15 is 4.39 Å². The molecule has 2 unspecified atom stereocenters. The number of piperidine rings is 1. The molecule has 9 rings (SSSR count). The molecular weight excluding hydrogens is 671 g/mol. The van der Waals surface area contributed by atoms with Gasteiger partial charge in [-0.25, -0.2) is 18.0 Å². The number of phenolic OH excluding ortho intramolecular Hbond substituents is 1. The van der Waals surface area contributed by atoms with Crippen molar-refractivity contribution in [3.05, 3.63) is 47.7 Å². The molecule has 2 amide bonds. The zero-order valence-electron chi connectivity index (χ0n) is 28.8. The van der Waals surface area contributed by atoms with Crippen molar-refractivity contribution in [2.24, 2.45) is 5.41 Å². The molecule has 13 heteroatoms. The lowest BCUT2D eigenvalue weighted by Gasteiger charge is -2.45. The number of phenols is 1. The van der Waals surface area contributed by atoms with Crippen molar-refractivity contribution >= 4 is 33.5 Å². The molecule has 2 aromatic carbocycles. The molecule has 1 aliphatic carbocycles. The van der Waals surface area contributed by atoms with Crippen LogP contribution in [0.3, 0.4) is 0 Å². The van der Waals surface area contributed by atoms with Crippen LogP contribution in [0.15, 0.2) is 30.5 Å². The number of urea groups is 1. The van der Waals surface area contributed by atoms with E-state index in [1.54, 1.807) is 0 Å². The summed E-state index contributed by atoms with van der Waals surface area (Å²) in [5.74, 6) is 1.27. The highest BCUT2D eigenvalue weighted by atomic mass is 19.1. The number of benzene rings is 2. The highest BCUT2D eigenvalue weighted by Crippen LogP contribution is 2.47. The SMILES string of the molecule is C#Cc1c(F)ccc2cc(O)cc(-c3ncc4c(N5CC6CCC(C5)N6C(=O)N5CCC5)nc(OCC5(CN6CCC(F)CC6)CC5)nc4c3F)c12. The van der Waals surface area contributed by atoms with Crippen LogP contribution in [0.1, 0.15) is 50.5 Å². The number of anilines is 1. The van der Waals surface area contributed by atoms with Crippen LogP contribution in [0.2, 0.25) is 0 Å². The fourth-order valence-electron chi connectivity index (χ4n) is 8.60. The average Bonchev–Trinajstić information content (AvgIpc) is 3.83. The number of alkyl halides is 1. The van der Waals surface area contributed by atoms with Crippen LogP contribution in [0.4, 0.5) is 23.8 Å². The summed E-state index contributed by atoms with van der Waals surface area (Å²) in [5, 5.41) is 11.7. The summed E-state index contributed by atoms with van der Waals surface area (Å²) in [4.78, 5) is 35.7. The first-order valence-electron chi connectivity index (χ1n) is 18.3. The lowest BCUT2D eigenvalue weighted by Crippen LogP contribution is -2.61. The normalized spacial score (nSPS) is 22.8. The van der Waals surface area contributed by atoms with Gasteiger partial charge in [0, 0.05) is 68.4 Å². The van der Waals surface area contributed by atoms with Gasteiger partial charge < -0.3 is 29.4 Å². The molecule has 52 heavy (non-hydrogen) atoms. The molecule has 1 saturated carbocycles. The smallest absolute Gasteiger partial charge is 0.320 e. The van der Waals surface area contributed by atoms with E-state index < -0.39 is 17.8 Å². The van der Waals surface area contributed by atoms with E-state index in [4.69, 9.17) is 16.1 Å². The molecule has 0 spiro atoms. The Labute approximate surface area is 299 Å². The maximum Gasteiger partial charge on any atom is 0.320 e. The van der Waals surface area contributed by atoms with Crippen molar-refractivity contribution in [2.45, 2.75) is 63.2 Å². The van der Waals surface area contributed by atoms with E-state index in [9.17, 15) is 18.7 Å². The van der Waals surface area contributed by atoms with Gasteiger partial charge in [0.05, 0.1) is 29.6 Å². The predicted octanol–water partition coefficient (Wildman–Crippen LogP) is 5.88. The zero-order valence-corrected chi connectivity index (χ0v) is 28.8. The third kappa shape index (κ3) is 5.72. The van der Waals surface area contributed by atoms with Crippen LogP contribution in [0, 0.1) is 29.4 Å². The number of piperazine rings is 1. The van der Waals surface area contributed by atoms with E-state index in [1.807, 2.05) is 9.80 Å². The van der Waals surface area contributed by atoms with Gasteiger partial charge in [-0.3, -0.25) is 4.98 Å². The van der Waals surface area contributed by atoms with Crippen LogP contribution in [-0.4, -0.2) is 111 Å². The van der Waals surface area contributed by atoms with Gasteiger partial charge >= 0.3 is 12.0 Å². The van der Waals surface area contributed by atoms with Gasteiger partial charge in [-0.2, -0.15) is 9.97 Å². The van der Waals surface area contributed by atoms with Crippen LogP contribution >= 0.6 is 0 Å². The molecule has 2 atom stereocenters. The largest absolute Gasteiger partial charge is 0.508 e. The zero-order chi connectivity index (χ0) is 35.7. The maximum absolute atomic E-state index is 17.0. The van der Waals surface area contributed by atoms with Gasteiger partial charge in [-0.1, -0.05) is 12.0 Å². The van der Waals surface area contributed by atoms with Crippen LogP contribution in [0.5, 0.6) is 11.8 Å². The number of terminal acetylenes is 1. The Hall–Kier alpha value is -4.83. The number of likely N-dealkylation sites (tertiary alicyclic amines) is 2. The number of hydrogen-bond acceptors (Lipinski definition) is 8. The van der Waals surface area contributed by atoms with Gasteiger partial charge in [0.1, 0.15) is 34.8 Å². The summed E-state index contributed by atoms with van der Waals surface area (Å²) < 4.78 is 52.1. The van der Waals surface area contributed by atoms with Gasteiger partial charge in [0.25, 0.3) is 0 Å². The van der Waals surface area contributed by atoms with E-state index in [2.05, 4.69) is 25.7 Å². The van der Waals surface area contributed by atoms with E-state index in [0.717, 1.165) is 51.7 Å². The van der Waals surface area contributed by atoms with Gasteiger partial charge in [0.15, 0.2) is 5.82 Å². The molecule has 5 fully saturated rings. The van der Waals surface area contributed by atoms with Gasteiger partial charge in [0.2, 0.25) is 0 Å². The van der Waals surface area contributed by atoms with Crippen molar-refractivity contribution in [3.63, 3.8) is 0 Å². The third-order valence-electron chi connectivity index (χ3n) is 11.8. The molecule has 10 nitrogen and oxygen atoms in total. The number of hydrogen-bond donors (Lipinski definition) is 1. The lowest BCUT2D eigenvalue weighted by molar-refractivity contribution is 0.101. The third-order valence-corrected chi connectivity index (χ3v) is 11.8. The van der Waals surface area contributed by atoms with Crippen LogP contribution in [-0.2, 0) is 0 Å². The van der Waals surface area contributed by atoms with Crippen LogP contribution < -0.4 is 9.64 Å². The molecule has 270 valence electrons. The molecule has 4 aromatic rings. The minimum Gasteiger partial charge on any atom is -0.508 e. The molecule has 5 aliphatic rings. The van der Waals surface area contributed by atoms with Crippen molar-refractivity contribution in [3.8, 4) is 35.4 Å². The monoisotopic (exact) mass is 711 g/mol. The Balaban J connectivity index is 1.10. The Kier molecular flexibility index (Phi) is 8.06. The molecule has 0 radical (unpaired) electrons. The van der Waals surface area contributed by atoms with Crippen molar-refractivity contribution in [2.75, 3.05) is 57.3 Å². The Morgan fingerprint density at radius 1 is 1.04 bits per heavy atom. The molecule has 1 N–H and O–H groups in total. The first-order valence-corrected chi connectivity index (χ1v) is 18.3. The molecule has 4 aliphatic heterocycles. The summed E-state index contributed by atoms with van der Waals surface area (Å²) in [5.41, 5.74) is -0.211. The number of aromatic nitrogens is 3. The minimum absolute atomic E-state index is 0.0164. The number of ether oxygens (including phenoxy) is 1. The second kappa shape index (κ2) is 12.7. The molecule has 2 bridgehead atoms. The number of carbonyl (C=O) groups is 1. The van der Waals surface area contributed by atoms with Crippen molar-refractivity contribution in [1.82, 2.24) is 29.7 Å². The number of fused-ring (bicyclic) bond motifs is 4. The second-order valence-corrected chi connectivity index (χ2v) is 15.2. The first-order chi connectivity index (χ1) is 25.2. The molecular formula is C39H40F3N7O3. The summed E-state index contributed by atoms with van der Waals surface area (Å²) in [6.45, 7) is 5.14. The van der Waals surface area contributed by atoms with E-state index in [-0.39, 0.29) is 63.0 Å². The predicted molar refractivity (Wildman–Crippen MR) is 190 cm³/mol. The highest BCUT2D eigenvalue weighted by Gasteiger charge is 2.47. The number of rotatable bonds is 7. The van der Waals surface area contributed by atoms with Crippen molar-refractivity contribution < 1.29 is 27.8 Å². The average molecular weight is 712 g/mol. The quantitative estimate of drug-likeness (QED) is 0.238. The Morgan fingerprint density at radius 3 is 2.46 bits per heavy atom. The molecule has 4 saturated heterocycles. The van der Waals surface area contributed by atoms with Gasteiger partial charge in [-0.15, -0.1) is 6.42 Å². The molecule has 6 heterocycles. The van der Waals surface area contributed by atoms with Crippen LogP contribution in [0.25, 0.3) is 32.9 Å². The number of nitrogens with zero attached hydrogens (tertiary/aromatic N) is 7. The lowest BCUT2D eigenvalue weighted by atomic mass is 9.96. The fraction of sp³-hybridized carbons (Fsp3) is 0.487. The summed E-state index contributed by atoms with van der Waals surface area (Å²) >= 11 is 0. The summed E-state index contributed by atoms with van der Waals surface area (Å²) in [6, 6.07) is 5.54. The number of carbonyl (C=O) groups excluding carboxylic acids is 1. The standard InChI is InChI=1S/C39H40F3N7O3/c1-2-28-31(41)7-4-23-16-27(50)17-29(32(23)28)34-33(42)35-30(18-43-34)36(48-19-25-5-6-26(20-48)49(25)38(51)47-12-3-13-47)45-37(44-35)52-22-39(10-11-39)21-46-14-8-24(40)9-15-46/h1,4,7,16-18,24-26,50H,3,5-6,8-15,19-22H2. The summed E-state index contributed by atoms with van der Waals surface area (Å²) in [6.07, 6.45) is 12.2. The van der Waals surface area contributed by atoms with Gasteiger partial charge in [-0.05, 0) is 68.5 Å². The number of amides is 2. The Morgan fingerprint density at radius 2 is 1.79 bits per heavy atom. The second-order valence-electron chi connectivity index (χ2n) is 15.2. The highest BCUT2D eigenvalue weighted by molar-refractivity contribution is 6.03. The number of aromatic hydroxyl groups is 1. The van der Waals surface area contributed by atoms with E-state index in [0.29, 0.717) is 62.2 Å². The van der Waals surface area contributed by atoms with Crippen molar-refractivity contribution in [1.29, 1.82) is 0 Å². The number of halogens is 3. The molecule has 2 aromatic heterocycles. The first kappa shape index (κ1) is 33.0. The summed E-state index contributed by atoms with van der Waals surface area (Å²) in [7, 11) is 0. The fourth-order valence-corrected chi connectivity index (χ4v) is 8.60. The number of pyridine rings is 1. The Bertz CT molecular complexity index is 2110. The van der Waals surface area contributed by atoms with E-state index in [1.165, 1.54) is 30.5 Å². The maximum atomic E-state index is 17.0.